The number of halogens is 1. The third-order valence-corrected chi connectivity index (χ3v) is 6.16. The van der Waals surface area contributed by atoms with Gasteiger partial charge in [-0.2, -0.15) is 0 Å². The van der Waals surface area contributed by atoms with Crippen molar-refractivity contribution in [3.8, 4) is 0 Å². The Kier molecular flexibility index (Phi) is 7.09. The van der Waals surface area contributed by atoms with E-state index in [-0.39, 0.29) is 29.3 Å². The first-order valence-corrected chi connectivity index (χ1v) is 10.5. The number of anilines is 1. The van der Waals surface area contributed by atoms with E-state index in [1.807, 2.05) is 26.8 Å². The lowest BCUT2D eigenvalue weighted by Crippen LogP contribution is -2.52. The van der Waals surface area contributed by atoms with Gasteiger partial charge in [0.2, 0.25) is 0 Å². The zero-order valence-electron chi connectivity index (χ0n) is 16.2. The molecule has 1 amide bonds. The zero-order valence-corrected chi connectivity index (χ0v) is 17.9. The Balaban J connectivity index is 0.00000280. The van der Waals surface area contributed by atoms with Crippen molar-refractivity contribution in [2.45, 2.75) is 31.7 Å². The first kappa shape index (κ1) is 22.2. The lowest BCUT2D eigenvalue weighted by molar-refractivity contribution is 0.0654. The van der Waals surface area contributed by atoms with E-state index < -0.39 is 10.0 Å². The zero-order chi connectivity index (χ0) is 19.6. The summed E-state index contributed by atoms with van der Waals surface area (Å²) in [4.78, 5) is 14.9. The number of hydrogen-bond acceptors (Lipinski definition) is 4. The summed E-state index contributed by atoms with van der Waals surface area (Å²) in [7, 11) is -3.78. The number of aryl methyl sites for hydroxylation is 2. The highest BCUT2D eigenvalue weighted by Crippen LogP contribution is 2.22. The van der Waals surface area contributed by atoms with Crippen molar-refractivity contribution in [3.63, 3.8) is 0 Å². The highest BCUT2D eigenvalue weighted by molar-refractivity contribution is 7.92. The number of nitrogens with one attached hydrogen (secondary N) is 2. The molecular weight excluding hydrogens is 398 g/mol. The number of carbonyl (C=O) groups is 1. The summed E-state index contributed by atoms with van der Waals surface area (Å²) in [6, 6.07) is 11.9. The molecule has 0 spiro atoms. The number of piperazine rings is 1. The van der Waals surface area contributed by atoms with Gasteiger partial charge in [-0.15, -0.1) is 12.4 Å². The van der Waals surface area contributed by atoms with E-state index >= 15 is 0 Å². The van der Waals surface area contributed by atoms with E-state index in [1.165, 1.54) is 12.1 Å². The number of sulfonamides is 1. The van der Waals surface area contributed by atoms with Gasteiger partial charge in [-0.05, 0) is 56.2 Å². The highest BCUT2D eigenvalue weighted by Gasteiger charge is 2.26. The molecule has 1 fully saturated rings. The van der Waals surface area contributed by atoms with Crippen molar-refractivity contribution in [3.05, 3.63) is 59.2 Å². The predicted octanol–water partition coefficient (Wildman–Crippen LogP) is 2.96. The van der Waals surface area contributed by atoms with Crippen molar-refractivity contribution in [2.24, 2.45) is 0 Å². The maximum Gasteiger partial charge on any atom is 0.261 e. The maximum atomic E-state index is 13.0. The van der Waals surface area contributed by atoms with Crippen molar-refractivity contribution >= 4 is 34.0 Å². The Labute approximate surface area is 172 Å². The predicted molar refractivity (Wildman–Crippen MR) is 114 cm³/mol. The van der Waals surface area contributed by atoms with Crippen LogP contribution in [0.3, 0.4) is 0 Å². The van der Waals surface area contributed by atoms with Crippen molar-refractivity contribution < 1.29 is 13.2 Å². The average molecular weight is 424 g/mol. The van der Waals surface area contributed by atoms with Crippen LogP contribution in [-0.4, -0.2) is 44.9 Å². The minimum atomic E-state index is -3.78. The van der Waals surface area contributed by atoms with Crippen molar-refractivity contribution in [1.82, 2.24) is 10.2 Å². The fourth-order valence-electron chi connectivity index (χ4n) is 3.22. The molecule has 6 nitrogen and oxygen atoms in total. The minimum absolute atomic E-state index is 0. The molecule has 3 rings (SSSR count). The van der Waals surface area contributed by atoms with Crippen LogP contribution < -0.4 is 10.0 Å². The number of nitrogens with zero attached hydrogens (tertiary/aromatic N) is 1. The molecular formula is C20H26ClN3O3S. The Morgan fingerprint density at radius 2 is 1.93 bits per heavy atom. The number of hydrogen-bond donors (Lipinski definition) is 2. The molecule has 2 N–H and O–H groups in total. The quantitative estimate of drug-likeness (QED) is 0.792. The fraction of sp³-hybridized carbons (Fsp3) is 0.350. The van der Waals surface area contributed by atoms with Crippen LogP contribution in [0.4, 0.5) is 5.69 Å². The van der Waals surface area contributed by atoms with Crippen LogP contribution in [0.5, 0.6) is 0 Å². The second kappa shape index (κ2) is 8.94. The maximum absolute atomic E-state index is 13.0. The van der Waals surface area contributed by atoms with Crippen LogP contribution in [0.2, 0.25) is 0 Å². The SMILES string of the molecule is Cc1cccc(NS(=O)(=O)c2ccc(C)c(C(=O)N3CCNCC3C)c2)c1.Cl. The minimum Gasteiger partial charge on any atom is -0.333 e. The van der Waals surface area contributed by atoms with Gasteiger partial charge in [0.25, 0.3) is 15.9 Å². The molecule has 2 aromatic rings. The van der Waals surface area contributed by atoms with Gasteiger partial charge in [-0.3, -0.25) is 9.52 Å². The lowest BCUT2D eigenvalue weighted by atomic mass is 10.1. The summed E-state index contributed by atoms with van der Waals surface area (Å²) in [5.74, 6) is -0.130. The van der Waals surface area contributed by atoms with Crippen LogP contribution in [0.15, 0.2) is 47.4 Å². The molecule has 8 heteroatoms. The van der Waals surface area contributed by atoms with E-state index in [1.54, 1.807) is 29.2 Å². The monoisotopic (exact) mass is 423 g/mol. The van der Waals surface area contributed by atoms with Crippen LogP contribution in [0, 0.1) is 13.8 Å². The topological polar surface area (TPSA) is 78.5 Å². The van der Waals surface area contributed by atoms with Gasteiger partial charge in [0.1, 0.15) is 0 Å². The van der Waals surface area contributed by atoms with Crippen LogP contribution >= 0.6 is 12.4 Å². The summed E-state index contributed by atoms with van der Waals surface area (Å²) >= 11 is 0. The van der Waals surface area contributed by atoms with Crippen LogP contribution in [-0.2, 0) is 10.0 Å². The molecule has 1 aliphatic rings. The second-order valence-electron chi connectivity index (χ2n) is 7.00. The molecule has 28 heavy (non-hydrogen) atoms. The Morgan fingerprint density at radius 3 is 2.61 bits per heavy atom. The molecule has 1 unspecified atom stereocenters. The standard InChI is InChI=1S/C20H25N3O3S.ClH/c1-14-5-4-6-17(11-14)22-27(25,26)18-8-7-15(2)19(12-18)20(24)23-10-9-21-13-16(23)3;/h4-8,11-12,16,21-22H,9-10,13H2,1-3H3;1H. The molecule has 0 bridgehead atoms. The van der Waals surface area contributed by atoms with Gasteiger partial charge >= 0.3 is 0 Å². The number of benzene rings is 2. The van der Waals surface area contributed by atoms with E-state index in [0.717, 1.165) is 24.2 Å². The van der Waals surface area contributed by atoms with Gasteiger partial charge in [0, 0.05) is 36.9 Å². The number of rotatable bonds is 4. The van der Waals surface area contributed by atoms with Gasteiger partial charge in [-0.1, -0.05) is 18.2 Å². The van der Waals surface area contributed by atoms with Crippen molar-refractivity contribution in [2.75, 3.05) is 24.4 Å². The van der Waals surface area contributed by atoms with E-state index in [4.69, 9.17) is 0 Å². The van der Waals surface area contributed by atoms with E-state index in [0.29, 0.717) is 17.8 Å². The molecule has 1 atom stereocenters. The average Bonchev–Trinajstić information content (AvgIpc) is 2.61. The summed E-state index contributed by atoms with van der Waals surface area (Å²) in [5, 5.41) is 3.25. The fourth-order valence-corrected chi connectivity index (χ4v) is 4.29. The molecule has 1 aliphatic heterocycles. The van der Waals surface area contributed by atoms with Gasteiger partial charge in [0.15, 0.2) is 0 Å². The third-order valence-electron chi connectivity index (χ3n) is 4.78. The molecule has 1 heterocycles. The van der Waals surface area contributed by atoms with Gasteiger partial charge in [-0.25, -0.2) is 8.42 Å². The summed E-state index contributed by atoms with van der Waals surface area (Å²) in [6.07, 6.45) is 0. The highest BCUT2D eigenvalue weighted by atomic mass is 35.5. The Morgan fingerprint density at radius 1 is 1.18 bits per heavy atom. The van der Waals surface area contributed by atoms with Crippen molar-refractivity contribution in [1.29, 1.82) is 0 Å². The molecule has 2 aromatic carbocycles. The molecule has 0 saturated carbocycles. The van der Waals surface area contributed by atoms with Gasteiger partial charge < -0.3 is 10.2 Å². The summed E-state index contributed by atoms with van der Waals surface area (Å²) in [6.45, 7) is 7.79. The van der Waals surface area contributed by atoms with Gasteiger partial charge in [0.05, 0.1) is 4.90 Å². The molecule has 1 saturated heterocycles. The lowest BCUT2D eigenvalue weighted by Gasteiger charge is -2.34. The van der Waals surface area contributed by atoms with Crippen LogP contribution in [0.1, 0.15) is 28.4 Å². The molecule has 0 aliphatic carbocycles. The normalized spacial score (nSPS) is 17.0. The molecule has 0 radical (unpaired) electrons. The number of amides is 1. The van der Waals surface area contributed by atoms with E-state index in [2.05, 4.69) is 10.0 Å². The first-order chi connectivity index (χ1) is 12.8. The number of carbonyl (C=O) groups excluding carboxylic acids is 1. The summed E-state index contributed by atoms with van der Waals surface area (Å²) < 4.78 is 28.2. The third kappa shape index (κ3) is 4.84. The largest absolute Gasteiger partial charge is 0.333 e. The smallest absolute Gasteiger partial charge is 0.261 e. The van der Waals surface area contributed by atoms with Crippen LogP contribution in [0.25, 0.3) is 0 Å². The second-order valence-corrected chi connectivity index (χ2v) is 8.69. The molecule has 152 valence electrons. The Bertz CT molecular complexity index is 963. The van der Waals surface area contributed by atoms with E-state index in [9.17, 15) is 13.2 Å². The Hall–Kier alpha value is -2.09. The first-order valence-electron chi connectivity index (χ1n) is 9.00. The molecule has 0 aromatic heterocycles. The summed E-state index contributed by atoms with van der Waals surface area (Å²) in [5.41, 5.74) is 2.65.